The zero-order chi connectivity index (χ0) is 20.3. The fourth-order valence-corrected chi connectivity index (χ4v) is 3.01. The van der Waals surface area contributed by atoms with Crippen molar-refractivity contribution in [3.63, 3.8) is 0 Å². The van der Waals surface area contributed by atoms with Crippen molar-refractivity contribution in [3.8, 4) is 0 Å². The number of hydrogen-bond acceptors (Lipinski definition) is 6. The summed E-state index contributed by atoms with van der Waals surface area (Å²) in [5.74, 6) is -0.803. The summed E-state index contributed by atoms with van der Waals surface area (Å²) in [7, 11) is 1.30. The lowest BCUT2D eigenvalue weighted by Gasteiger charge is -2.17. The van der Waals surface area contributed by atoms with E-state index in [1.54, 1.807) is 13.0 Å². The van der Waals surface area contributed by atoms with Crippen molar-refractivity contribution >= 4 is 23.0 Å². The Labute approximate surface area is 163 Å². The maximum absolute atomic E-state index is 13.1. The smallest absolute Gasteiger partial charge is 0.328 e. The maximum atomic E-state index is 13.1. The van der Waals surface area contributed by atoms with Gasteiger partial charge >= 0.3 is 5.97 Å². The molecule has 0 fully saturated rings. The Morgan fingerprint density at radius 2 is 1.93 bits per heavy atom. The number of aromatic nitrogens is 2. The predicted octanol–water partition coefficient (Wildman–Crippen LogP) is 3.17. The van der Waals surface area contributed by atoms with Gasteiger partial charge in [-0.1, -0.05) is 49.3 Å². The molecule has 0 spiro atoms. The van der Waals surface area contributed by atoms with Gasteiger partial charge in [0.05, 0.1) is 23.8 Å². The highest BCUT2D eigenvalue weighted by Crippen LogP contribution is 2.25. The number of ether oxygens (including phenoxy) is 1. The number of carbonyl (C=O) groups is 2. The Bertz CT molecular complexity index is 996. The molecule has 0 bridgehead atoms. The van der Waals surface area contributed by atoms with Gasteiger partial charge in [-0.25, -0.2) is 9.78 Å². The summed E-state index contributed by atoms with van der Waals surface area (Å²) in [5.41, 5.74) is 2.90. The molecule has 7 heteroatoms. The number of amides is 1. The second-order valence-electron chi connectivity index (χ2n) is 6.94. The molecule has 3 aromatic rings. The first-order chi connectivity index (χ1) is 13.4. The third-order valence-corrected chi connectivity index (χ3v) is 4.55. The Kier molecular flexibility index (Phi) is 5.73. The molecule has 2 heterocycles. The number of benzene rings is 1. The van der Waals surface area contributed by atoms with E-state index in [-0.39, 0.29) is 5.92 Å². The Hall–Kier alpha value is -3.22. The zero-order valence-electron chi connectivity index (χ0n) is 16.4. The van der Waals surface area contributed by atoms with E-state index in [1.807, 2.05) is 44.2 Å². The number of methoxy groups -OCH3 is 1. The number of rotatable bonds is 6. The molecular formula is C21H23N3O4. The first-order valence-electron chi connectivity index (χ1n) is 9.10. The van der Waals surface area contributed by atoms with Gasteiger partial charge in [0.1, 0.15) is 6.04 Å². The molecule has 0 aliphatic carbocycles. The largest absolute Gasteiger partial charge is 0.467 e. The fraction of sp³-hybridized carbons (Fsp3) is 0.333. The van der Waals surface area contributed by atoms with Crippen LogP contribution in [0.2, 0.25) is 0 Å². The second-order valence-corrected chi connectivity index (χ2v) is 6.94. The molecule has 1 N–H and O–H groups in total. The summed E-state index contributed by atoms with van der Waals surface area (Å²) in [6.07, 6.45) is 0.327. The number of hydrogen-bond donors (Lipinski definition) is 1. The lowest BCUT2D eigenvalue weighted by Crippen LogP contribution is -2.43. The molecule has 0 saturated heterocycles. The molecule has 0 unspecified atom stereocenters. The summed E-state index contributed by atoms with van der Waals surface area (Å²) in [5, 5.41) is 7.27. The minimum atomic E-state index is -0.814. The normalized spacial score (nSPS) is 12.2. The molecule has 1 aromatic carbocycles. The Morgan fingerprint density at radius 3 is 2.57 bits per heavy atom. The molecule has 0 radical (unpaired) electrons. The molecule has 0 aliphatic heterocycles. The molecule has 2 aromatic heterocycles. The van der Waals surface area contributed by atoms with Crippen molar-refractivity contribution < 1.29 is 18.8 Å². The van der Waals surface area contributed by atoms with E-state index in [0.717, 1.165) is 5.56 Å². The molecule has 3 rings (SSSR count). The van der Waals surface area contributed by atoms with Gasteiger partial charge in [-0.2, -0.15) is 0 Å². The second kappa shape index (κ2) is 8.21. The van der Waals surface area contributed by atoms with Crippen molar-refractivity contribution in [1.29, 1.82) is 0 Å². The molecule has 0 saturated carbocycles. The van der Waals surface area contributed by atoms with Gasteiger partial charge in [0, 0.05) is 12.1 Å². The number of pyridine rings is 1. The Morgan fingerprint density at radius 1 is 1.21 bits per heavy atom. The molecule has 28 heavy (non-hydrogen) atoms. The topological polar surface area (TPSA) is 94.3 Å². The van der Waals surface area contributed by atoms with Crippen LogP contribution in [0.5, 0.6) is 0 Å². The van der Waals surface area contributed by atoms with Crippen LogP contribution in [0.15, 0.2) is 40.9 Å². The molecular weight excluding hydrogens is 358 g/mol. The minimum absolute atomic E-state index is 0.0991. The number of esters is 1. The Balaban J connectivity index is 1.95. The monoisotopic (exact) mass is 381 g/mol. The molecule has 146 valence electrons. The number of aryl methyl sites for hydroxylation is 1. The van der Waals surface area contributed by atoms with Crippen LogP contribution in [-0.4, -0.2) is 35.2 Å². The van der Waals surface area contributed by atoms with Crippen LogP contribution in [0.4, 0.5) is 0 Å². The summed E-state index contributed by atoms with van der Waals surface area (Å²) in [4.78, 5) is 29.8. The van der Waals surface area contributed by atoms with Gasteiger partial charge in [-0.3, -0.25) is 4.79 Å². The van der Waals surface area contributed by atoms with E-state index < -0.39 is 17.9 Å². The number of nitrogens with one attached hydrogen (secondary N) is 1. The highest BCUT2D eigenvalue weighted by molar-refractivity contribution is 6.07. The summed E-state index contributed by atoms with van der Waals surface area (Å²) >= 11 is 0. The van der Waals surface area contributed by atoms with E-state index in [9.17, 15) is 9.59 Å². The first-order valence-corrected chi connectivity index (χ1v) is 9.10. The first kappa shape index (κ1) is 19.5. The van der Waals surface area contributed by atoms with Gasteiger partial charge in [0.2, 0.25) is 0 Å². The van der Waals surface area contributed by atoms with Gasteiger partial charge in [0.25, 0.3) is 11.6 Å². The third-order valence-electron chi connectivity index (χ3n) is 4.55. The quantitative estimate of drug-likeness (QED) is 0.659. The lowest BCUT2D eigenvalue weighted by atomic mass is 10.0. The zero-order valence-corrected chi connectivity index (χ0v) is 16.4. The van der Waals surface area contributed by atoms with E-state index in [2.05, 4.69) is 15.5 Å². The summed E-state index contributed by atoms with van der Waals surface area (Å²) in [6.45, 7) is 5.71. The van der Waals surface area contributed by atoms with E-state index in [1.165, 1.54) is 7.11 Å². The molecule has 1 atom stereocenters. The lowest BCUT2D eigenvalue weighted by molar-refractivity contribution is -0.142. The highest BCUT2D eigenvalue weighted by atomic mass is 16.5. The average molecular weight is 381 g/mol. The molecule has 0 aliphatic rings. The van der Waals surface area contributed by atoms with Gasteiger partial charge in [-0.15, -0.1) is 0 Å². The van der Waals surface area contributed by atoms with Gasteiger partial charge in [0.15, 0.2) is 0 Å². The summed E-state index contributed by atoms with van der Waals surface area (Å²) in [6, 6.07) is 10.4. The SMILES string of the molecule is COC(=O)[C@@H](Cc1ccccc1)NC(=O)c1cc(C(C)C)nc2onc(C)c12. The number of nitrogens with zero attached hydrogens (tertiary/aromatic N) is 2. The standard InChI is InChI=1S/C21H23N3O4/c1-12(2)16-11-15(18-13(3)24-28-20(18)23-16)19(25)22-17(21(26)27-4)10-14-8-6-5-7-9-14/h5-9,11-12,17H,10H2,1-4H3,(H,22,25)/t17-/m1/s1. The van der Waals surface area contributed by atoms with Gasteiger partial charge in [-0.05, 0) is 24.5 Å². The van der Waals surface area contributed by atoms with E-state index in [0.29, 0.717) is 34.5 Å². The van der Waals surface area contributed by atoms with Crippen LogP contribution in [-0.2, 0) is 16.0 Å². The van der Waals surface area contributed by atoms with E-state index >= 15 is 0 Å². The maximum Gasteiger partial charge on any atom is 0.328 e. The summed E-state index contributed by atoms with van der Waals surface area (Å²) < 4.78 is 10.1. The highest BCUT2D eigenvalue weighted by Gasteiger charge is 2.26. The van der Waals surface area contributed by atoms with Crippen molar-refractivity contribution in [2.75, 3.05) is 7.11 Å². The van der Waals surface area contributed by atoms with Gasteiger partial charge < -0.3 is 14.6 Å². The molecule has 1 amide bonds. The minimum Gasteiger partial charge on any atom is -0.467 e. The molecule has 7 nitrogen and oxygen atoms in total. The van der Waals surface area contributed by atoms with Crippen molar-refractivity contribution in [3.05, 3.63) is 58.9 Å². The van der Waals surface area contributed by atoms with Crippen LogP contribution in [0, 0.1) is 6.92 Å². The van der Waals surface area contributed by atoms with Crippen molar-refractivity contribution in [1.82, 2.24) is 15.5 Å². The predicted molar refractivity (Wildman–Crippen MR) is 104 cm³/mol. The van der Waals surface area contributed by atoms with Crippen LogP contribution in [0.1, 0.15) is 47.1 Å². The fourth-order valence-electron chi connectivity index (χ4n) is 3.01. The number of fused-ring (bicyclic) bond motifs is 1. The number of carbonyl (C=O) groups excluding carboxylic acids is 2. The van der Waals surface area contributed by atoms with Crippen LogP contribution in [0.3, 0.4) is 0 Å². The average Bonchev–Trinajstić information content (AvgIpc) is 3.07. The van der Waals surface area contributed by atoms with E-state index in [4.69, 9.17) is 9.26 Å². The van der Waals surface area contributed by atoms with Crippen LogP contribution >= 0.6 is 0 Å². The van der Waals surface area contributed by atoms with Crippen LogP contribution < -0.4 is 5.32 Å². The van der Waals surface area contributed by atoms with Crippen molar-refractivity contribution in [2.45, 2.75) is 39.2 Å². The van der Waals surface area contributed by atoms with Crippen LogP contribution in [0.25, 0.3) is 11.1 Å². The van der Waals surface area contributed by atoms with Crippen molar-refractivity contribution in [2.24, 2.45) is 0 Å². The third kappa shape index (κ3) is 4.03.